The molecule has 2 unspecified atom stereocenters. The Kier molecular flexibility index (Phi) is 3.90. The summed E-state index contributed by atoms with van der Waals surface area (Å²) in [5.74, 6) is 1.69. The van der Waals surface area contributed by atoms with Crippen LogP contribution < -0.4 is 5.73 Å². The third-order valence-electron chi connectivity index (χ3n) is 2.94. The van der Waals surface area contributed by atoms with E-state index in [1.54, 1.807) is 0 Å². The summed E-state index contributed by atoms with van der Waals surface area (Å²) in [7, 11) is 0. The van der Waals surface area contributed by atoms with E-state index in [0.717, 1.165) is 38.1 Å². The Balaban J connectivity index is 1.90. The molecule has 1 aliphatic rings. The standard InChI is InChI=1S/C11H19N3O2/c1-8(4-5-12)11-13-10(14-16-11)7-9-3-2-6-15-9/h8-9H,2-7,12H2,1H3. The molecule has 2 N–H and O–H groups in total. The molecule has 0 aliphatic carbocycles. The molecule has 0 aromatic carbocycles. The number of nitrogens with two attached hydrogens (primary N) is 1. The minimum atomic E-state index is 0.246. The highest BCUT2D eigenvalue weighted by molar-refractivity contribution is 4.94. The highest BCUT2D eigenvalue weighted by atomic mass is 16.5. The number of nitrogens with zero attached hydrogens (tertiary/aromatic N) is 2. The van der Waals surface area contributed by atoms with Crippen molar-refractivity contribution in [2.24, 2.45) is 5.73 Å². The molecule has 0 radical (unpaired) electrons. The monoisotopic (exact) mass is 225 g/mol. The third kappa shape index (κ3) is 2.80. The van der Waals surface area contributed by atoms with E-state index in [-0.39, 0.29) is 12.0 Å². The second-order valence-corrected chi connectivity index (χ2v) is 4.37. The first-order valence-corrected chi connectivity index (χ1v) is 5.93. The average molecular weight is 225 g/mol. The van der Waals surface area contributed by atoms with Gasteiger partial charge in [0.15, 0.2) is 5.82 Å². The van der Waals surface area contributed by atoms with Crippen LogP contribution in [0, 0.1) is 0 Å². The fraction of sp³-hybridized carbons (Fsp3) is 0.818. The first-order valence-electron chi connectivity index (χ1n) is 5.93. The topological polar surface area (TPSA) is 74.2 Å². The lowest BCUT2D eigenvalue weighted by atomic mass is 10.1. The van der Waals surface area contributed by atoms with Crippen LogP contribution in [-0.4, -0.2) is 29.4 Å². The van der Waals surface area contributed by atoms with Crippen molar-refractivity contribution in [2.75, 3.05) is 13.2 Å². The Morgan fingerprint density at radius 3 is 3.12 bits per heavy atom. The van der Waals surface area contributed by atoms with Gasteiger partial charge in [0.25, 0.3) is 0 Å². The van der Waals surface area contributed by atoms with Crippen molar-refractivity contribution in [2.45, 2.75) is 44.6 Å². The fourth-order valence-corrected chi connectivity index (χ4v) is 1.93. The lowest BCUT2D eigenvalue weighted by Gasteiger charge is -2.04. The number of hydrogen-bond acceptors (Lipinski definition) is 5. The van der Waals surface area contributed by atoms with E-state index in [9.17, 15) is 0 Å². The van der Waals surface area contributed by atoms with Crippen LogP contribution in [0.25, 0.3) is 0 Å². The van der Waals surface area contributed by atoms with Crippen LogP contribution >= 0.6 is 0 Å². The molecule has 5 nitrogen and oxygen atoms in total. The fourth-order valence-electron chi connectivity index (χ4n) is 1.93. The van der Waals surface area contributed by atoms with Gasteiger partial charge in [0.2, 0.25) is 5.89 Å². The molecule has 0 amide bonds. The molecule has 0 spiro atoms. The highest BCUT2D eigenvalue weighted by Crippen LogP contribution is 2.19. The predicted molar refractivity (Wildman–Crippen MR) is 59.1 cm³/mol. The molecule has 1 aromatic rings. The van der Waals surface area contributed by atoms with Crippen molar-refractivity contribution >= 4 is 0 Å². The molecule has 1 saturated heterocycles. The first kappa shape index (κ1) is 11.5. The molecule has 2 heterocycles. The molecule has 1 aliphatic heterocycles. The predicted octanol–water partition coefficient (Wildman–Crippen LogP) is 1.24. The molecule has 90 valence electrons. The number of aromatic nitrogens is 2. The van der Waals surface area contributed by atoms with Gasteiger partial charge in [-0.3, -0.25) is 0 Å². The van der Waals surface area contributed by atoms with E-state index in [2.05, 4.69) is 17.1 Å². The molecule has 5 heteroatoms. The van der Waals surface area contributed by atoms with Crippen LogP contribution in [0.2, 0.25) is 0 Å². The first-order chi connectivity index (χ1) is 7.79. The molecule has 1 aromatic heterocycles. The Labute approximate surface area is 95.3 Å². The highest BCUT2D eigenvalue weighted by Gasteiger charge is 2.20. The van der Waals surface area contributed by atoms with Crippen molar-refractivity contribution in [1.29, 1.82) is 0 Å². The van der Waals surface area contributed by atoms with Gasteiger partial charge in [-0.15, -0.1) is 0 Å². The summed E-state index contributed by atoms with van der Waals surface area (Å²) in [5, 5.41) is 3.98. The summed E-state index contributed by atoms with van der Waals surface area (Å²) in [6, 6.07) is 0. The minimum absolute atomic E-state index is 0.246. The Morgan fingerprint density at radius 2 is 2.44 bits per heavy atom. The molecule has 0 bridgehead atoms. The van der Waals surface area contributed by atoms with Gasteiger partial charge < -0.3 is 15.0 Å². The van der Waals surface area contributed by atoms with Crippen molar-refractivity contribution in [3.63, 3.8) is 0 Å². The Morgan fingerprint density at radius 1 is 1.56 bits per heavy atom. The lowest BCUT2D eigenvalue weighted by molar-refractivity contribution is 0.109. The summed E-state index contributed by atoms with van der Waals surface area (Å²) >= 11 is 0. The number of ether oxygens (including phenoxy) is 1. The summed E-state index contributed by atoms with van der Waals surface area (Å²) in [4.78, 5) is 4.38. The lowest BCUT2D eigenvalue weighted by Crippen LogP contribution is -2.10. The van der Waals surface area contributed by atoms with Crippen molar-refractivity contribution in [3.8, 4) is 0 Å². The Hall–Kier alpha value is -0.940. The van der Waals surface area contributed by atoms with E-state index in [4.69, 9.17) is 15.0 Å². The molecule has 2 atom stereocenters. The zero-order valence-corrected chi connectivity index (χ0v) is 9.69. The van der Waals surface area contributed by atoms with Crippen LogP contribution in [0.1, 0.15) is 43.8 Å². The maximum atomic E-state index is 5.53. The summed E-state index contributed by atoms with van der Waals surface area (Å²) in [6.45, 7) is 3.56. The SMILES string of the molecule is CC(CCN)c1nc(CC2CCCO2)no1. The normalized spacial score (nSPS) is 22.5. The van der Waals surface area contributed by atoms with Crippen LogP contribution in [0.5, 0.6) is 0 Å². The van der Waals surface area contributed by atoms with Crippen molar-refractivity contribution in [3.05, 3.63) is 11.7 Å². The second-order valence-electron chi connectivity index (χ2n) is 4.37. The van der Waals surface area contributed by atoms with Gasteiger partial charge in [-0.05, 0) is 25.8 Å². The molecule has 16 heavy (non-hydrogen) atoms. The molecule has 2 rings (SSSR count). The van der Waals surface area contributed by atoms with Crippen molar-refractivity contribution < 1.29 is 9.26 Å². The quantitative estimate of drug-likeness (QED) is 0.816. The van der Waals surface area contributed by atoms with Gasteiger partial charge in [0.1, 0.15) is 0 Å². The largest absolute Gasteiger partial charge is 0.378 e. The van der Waals surface area contributed by atoms with Gasteiger partial charge in [-0.25, -0.2) is 0 Å². The van der Waals surface area contributed by atoms with Crippen molar-refractivity contribution in [1.82, 2.24) is 10.1 Å². The van der Waals surface area contributed by atoms with E-state index in [1.807, 2.05) is 0 Å². The van der Waals surface area contributed by atoms with Gasteiger partial charge in [0.05, 0.1) is 6.10 Å². The van der Waals surface area contributed by atoms with Crippen LogP contribution in [-0.2, 0) is 11.2 Å². The number of hydrogen-bond donors (Lipinski definition) is 1. The maximum Gasteiger partial charge on any atom is 0.229 e. The molecular formula is C11H19N3O2. The summed E-state index contributed by atoms with van der Waals surface area (Å²) < 4.78 is 10.7. The smallest absolute Gasteiger partial charge is 0.229 e. The van der Waals surface area contributed by atoms with E-state index < -0.39 is 0 Å². The Bertz CT molecular complexity index is 321. The zero-order chi connectivity index (χ0) is 11.4. The van der Waals surface area contributed by atoms with Gasteiger partial charge in [-0.2, -0.15) is 4.98 Å². The minimum Gasteiger partial charge on any atom is -0.378 e. The van der Waals surface area contributed by atoms with E-state index in [0.29, 0.717) is 12.4 Å². The number of rotatable bonds is 5. The van der Waals surface area contributed by atoms with Crippen LogP contribution in [0.15, 0.2) is 4.52 Å². The van der Waals surface area contributed by atoms with Gasteiger partial charge in [0, 0.05) is 18.9 Å². The third-order valence-corrected chi connectivity index (χ3v) is 2.94. The average Bonchev–Trinajstić information content (AvgIpc) is 2.90. The second kappa shape index (κ2) is 5.41. The van der Waals surface area contributed by atoms with Gasteiger partial charge in [-0.1, -0.05) is 12.1 Å². The van der Waals surface area contributed by atoms with Crippen LogP contribution in [0.4, 0.5) is 0 Å². The zero-order valence-electron chi connectivity index (χ0n) is 9.69. The molecular weight excluding hydrogens is 206 g/mol. The molecule has 1 fully saturated rings. The summed E-state index contributed by atoms with van der Waals surface area (Å²) in [6.07, 6.45) is 4.15. The molecule has 0 saturated carbocycles. The van der Waals surface area contributed by atoms with E-state index in [1.165, 1.54) is 0 Å². The summed E-state index contributed by atoms with van der Waals surface area (Å²) in [5.41, 5.74) is 5.50. The van der Waals surface area contributed by atoms with Gasteiger partial charge >= 0.3 is 0 Å². The maximum absolute atomic E-state index is 5.53. The van der Waals surface area contributed by atoms with Crippen LogP contribution in [0.3, 0.4) is 0 Å². The van der Waals surface area contributed by atoms with E-state index >= 15 is 0 Å².